The van der Waals surface area contributed by atoms with Crippen LogP contribution in [0.4, 0.5) is 0 Å². The van der Waals surface area contributed by atoms with E-state index >= 15 is 0 Å². The molecule has 0 saturated carbocycles. The third-order valence-corrected chi connectivity index (χ3v) is 5.31. The molecule has 0 fully saturated rings. The molecular weight excluding hydrogens is 351 g/mol. The zero-order chi connectivity index (χ0) is 16.5. The molecule has 6 nitrogen and oxygen atoms in total. The maximum atomic E-state index is 12.4. The Morgan fingerprint density at radius 2 is 1.65 bits per heavy atom. The monoisotopic (exact) mass is 366 g/mol. The van der Waals surface area contributed by atoms with Crippen molar-refractivity contribution in [3.63, 3.8) is 0 Å². The largest absolute Gasteiger partial charge is 1.00 e. The van der Waals surface area contributed by atoms with Gasteiger partial charge in [-0.2, -0.15) is 8.42 Å². The van der Waals surface area contributed by atoms with Gasteiger partial charge >= 0.3 is 29.6 Å². The van der Waals surface area contributed by atoms with E-state index in [0.29, 0.717) is 5.39 Å². The molecule has 0 saturated heterocycles. The number of hydrogen-bond acceptors (Lipinski definition) is 6. The van der Waals surface area contributed by atoms with Crippen molar-refractivity contribution in [1.29, 1.82) is 0 Å². The average Bonchev–Trinajstić information content (AvgIpc) is 2.43. The molecule has 0 spiro atoms. The first-order valence-corrected chi connectivity index (χ1v) is 9.31. The molecule has 0 bridgehead atoms. The Bertz CT molecular complexity index is 904. The molecule has 0 aliphatic rings. The molecule has 0 atom stereocenters. The van der Waals surface area contributed by atoms with E-state index in [1.54, 1.807) is 32.0 Å². The van der Waals surface area contributed by atoms with Crippen LogP contribution in [0.25, 0.3) is 10.8 Å². The van der Waals surface area contributed by atoms with Crippen LogP contribution in [0.15, 0.2) is 46.2 Å². The maximum absolute atomic E-state index is 12.4. The van der Waals surface area contributed by atoms with Crippen molar-refractivity contribution in [1.82, 2.24) is 0 Å². The van der Waals surface area contributed by atoms with E-state index in [-0.39, 0.29) is 47.5 Å². The summed E-state index contributed by atoms with van der Waals surface area (Å²) in [6, 6.07) is 8.69. The number of rotatable bonds is 5. The molecule has 0 aliphatic carbocycles. The quantitative estimate of drug-likeness (QED) is 0.387. The molecule has 2 aromatic rings. The Morgan fingerprint density at radius 1 is 1.04 bits per heavy atom. The second-order valence-electron chi connectivity index (χ2n) is 5.20. The predicted molar refractivity (Wildman–Crippen MR) is 79.9 cm³/mol. The van der Waals surface area contributed by atoms with Crippen LogP contribution in [0.5, 0.6) is 0 Å². The van der Waals surface area contributed by atoms with Crippen LogP contribution in [0, 0.1) is 5.92 Å². The molecule has 2 rings (SSSR count). The minimum Gasteiger partial charge on any atom is -0.744 e. The SMILES string of the molecule is CC(C)COS(=O)(=O)c1c(S(=O)(=O)[O-])ccc2ccccc12.[Na+]. The second kappa shape index (κ2) is 7.60. The van der Waals surface area contributed by atoms with Crippen molar-refractivity contribution in [3.05, 3.63) is 36.4 Å². The summed E-state index contributed by atoms with van der Waals surface area (Å²) >= 11 is 0. The summed E-state index contributed by atoms with van der Waals surface area (Å²) < 4.78 is 63.9. The average molecular weight is 366 g/mol. The number of benzene rings is 2. The third-order valence-electron chi connectivity index (χ3n) is 2.92. The molecule has 0 unspecified atom stereocenters. The number of fused-ring (bicyclic) bond motifs is 1. The number of hydrogen-bond donors (Lipinski definition) is 0. The van der Waals surface area contributed by atoms with Crippen molar-refractivity contribution in [2.45, 2.75) is 23.6 Å². The standard InChI is InChI=1S/C14H16O6S2.Na/c1-10(2)9-20-22(18,19)14-12-6-4-3-5-11(12)7-8-13(14)21(15,16)17;/h3-8,10H,9H2,1-2H3,(H,15,16,17);/q;+1/p-1. The van der Waals surface area contributed by atoms with E-state index in [0.717, 1.165) is 6.07 Å². The van der Waals surface area contributed by atoms with Crippen molar-refractivity contribution in [2.24, 2.45) is 5.92 Å². The first-order chi connectivity index (χ1) is 10.1. The van der Waals surface area contributed by atoms with Crippen molar-refractivity contribution in [3.8, 4) is 0 Å². The van der Waals surface area contributed by atoms with Gasteiger partial charge in [0.1, 0.15) is 15.0 Å². The summed E-state index contributed by atoms with van der Waals surface area (Å²) in [5.74, 6) is -0.0722. The fourth-order valence-electron chi connectivity index (χ4n) is 1.96. The predicted octanol–water partition coefficient (Wildman–Crippen LogP) is -0.891. The van der Waals surface area contributed by atoms with E-state index in [1.165, 1.54) is 12.1 Å². The van der Waals surface area contributed by atoms with E-state index in [9.17, 15) is 21.4 Å². The summed E-state index contributed by atoms with van der Waals surface area (Å²) in [7, 11) is -9.33. The Hall–Kier alpha value is -0.480. The molecule has 0 N–H and O–H groups in total. The first kappa shape index (κ1) is 20.6. The van der Waals surface area contributed by atoms with E-state index in [1.807, 2.05) is 0 Å². The van der Waals surface area contributed by atoms with Gasteiger partial charge in [-0.25, -0.2) is 8.42 Å². The minimum atomic E-state index is -4.96. The topological polar surface area (TPSA) is 101 Å². The van der Waals surface area contributed by atoms with Gasteiger partial charge in [0.2, 0.25) is 0 Å². The van der Waals surface area contributed by atoms with Gasteiger partial charge in [0.15, 0.2) is 0 Å². The smallest absolute Gasteiger partial charge is 0.744 e. The molecule has 0 aromatic heterocycles. The van der Waals surface area contributed by atoms with Crippen LogP contribution in [0.3, 0.4) is 0 Å². The summed E-state index contributed by atoms with van der Waals surface area (Å²) in [6.07, 6.45) is 0. The third kappa shape index (κ3) is 4.76. The molecule has 9 heteroatoms. The van der Waals surface area contributed by atoms with Gasteiger partial charge in [0, 0.05) is 5.39 Å². The van der Waals surface area contributed by atoms with Crippen LogP contribution >= 0.6 is 0 Å². The van der Waals surface area contributed by atoms with E-state index in [2.05, 4.69) is 0 Å². The van der Waals surface area contributed by atoms with Gasteiger partial charge in [0.25, 0.3) is 10.1 Å². The normalized spacial score (nSPS) is 12.3. The zero-order valence-electron chi connectivity index (χ0n) is 13.0. The molecule has 0 heterocycles. The van der Waals surface area contributed by atoms with Gasteiger partial charge in [-0.3, -0.25) is 4.18 Å². The maximum Gasteiger partial charge on any atom is 1.00 e. The second-order valence-corrected chi connectivity index (χ2v) is 8.10. The molecule has 0 aliphatic heterocycles. The van der Waals surface area contributed by atoms with E-state index in [4.69, 9.17) is 4.18 Å². The Labute approximate surface area is 158 Å². The van der Waals surface area contributed by atoms with Gasteiger partial charge in [-0.1, -0.05) is 44.2 Å². The summed E-state index contributed by atoms with van der Waals surface area (Å²) in [4.78, 5) is -1.39. The van der Waals surface area contributed by atoms with Gasteiger partial charge in [0.05, 0.1) is 11.5 Å². The Balaban J connectivity index is 0.00000264. The summed E-state index contributed by atoms with van der Waals surface area (Å²) in [5.41, 5.74) is 0. The molecule has 120 valence electrons. The Kier molecular flexibility index (Phi) is 6.80. The fourth-order valence-corrected chi connectivity index (χ4v) is 4.49. The van der Waals surface area contributed by atoms with E-state index < -0.39 is 30.0 Å². The minimum absolute atomic E-state index is 0. The fraction of sp³-hybridized carbons (Fsp3) is 0.286. The van der Waals surface area contributed by atoms with Gasteiger partial charge < -0.3 is 4.55 Å². The van der Waals surface area contributed by atoms with Crippen molar-refractivity contribution >= 4 is 31.0 Å². The van der Waals surface area contributed by atoms with Crippen LogP contribution in [-0.2, 0) is 24.4 Å². The van der Waals surface area contributed by atoms with Crippen LogP contribution < -0.4 is 29.6 Å². The van der Waals surface area contributed by atoms with Gasteiger partial charge in [-0.15, -0.1) is 0 Å². The van der Waals surface area contributed by atoms with Crippen molar-refractivity contribution in [2.75, 3.05) is 6.61 Å². The van der Waals surface area contributed by atoms with Gasteiger partial charge in [-0.05, 0) is 17.4 Å². The zero-order valence-corrected chi connectivity index (χ0v) is 16.6. The Morgan fingerprint density at radius 3 is 2.22 bits per heavy atom. The summed E-state index contributed by atoms with van der Waals surface area (Å²) in [6.45, 7) is 3.40. The summed E-state index contributed by atoms with van der Waals surface area (Å²) in [5, 5.41) is 0.643. The molecule has 0 radical (unpaired) electrons. The van der Waals surface area contributed by atoms with Crippen molar-refractivity contribution < 1.29 is 55.1 Å². The molecule has 0 amide bonds. The molecule has 2 aromatic carbocycles. The van der Waals surface area contributed by atoms with Crippen LogP contribution in [0.1, 0.15) is 13.8 Å². The molecule has 23 heavy (non-hydrogen) atoms. The van der Waals surface area contributed by atoms with Crippen LogP contribution in [0.2, 0.25) is 0 Å². The first-order valence-electron chi connectivity index (χ1n) is 6.50. The molecular formula is C14H15NaO6S2. The van der Waals surface area contributed by atoms with Crippen LogP contribution in [-0.4, -0.2) is 28.0 Å².